The van der Waals surface area contributed by atoms with Crippen molar-refractivity contribution in [1.82, 2.24) is 0 Å². The summed E-state index contributed by atoms with van der Waals surface area (Å²) in [5.74, 6) is 0. The van der Waals surface area contributed by atoms with Crippen LogP contribution in [0.1, 0.15) is 0 Å². The Balaban J connectivity index is 0.615. The molecule has 0 aliphatic rings. The van der Waals surface area contributed by atoms with Crippen molar-refractivity contribution in [1.29, 1.82) is 0 Å². The highest BCUT2D eigenvalue weighted by atomic mass is 32.1. The average molecular weight is 1050 g/mol. The maximum Gasteiger partial charge on any atom is 0.0542 e. The van der Waals surface area contributed by atoms with E-state index in [1.165, 1.54) is 157 Å². The zero-order valence-electron chi connectivity index (χ0n) is 39.4. The molecule has 0 aliphatic carbocycles. The van der Waals surface area contributed by atoms with E-state index in [1.807, 2.05) is 68.0 Å². The number of thiophene rings is 6. The first-order chi connectivity index (χ1) is 36.6. The van der Waals surface area contributed by atoms with E-state index < -0.39 is 0 Å². The zero-order chi connectivity index (χ0) is 48.4. The largest absolute Gasteiger partial charge is 0.143 e. The van der Waals surface area contributed by atoms with Crippen molar-refractivity contribution in [2.45, 2.75) is 0 Å². The van der Waals surface area contributed by atoms with Gasteiger partial charge in [0.1, 0.15) is 0 Å². The van der Waals surface area contributed by atoms with Crippen molar-refractivity contribution in [3.05, 3.63) is 229 Å². The predicted molar refractivity (Wildman–Crippen MR) is 332 cm³/mol. The van der Waals surface area contributed by atoms with Crippen LogP contribution in [-0.2, 0) is 0 Å². The van der Waals surface area contributed by atoms with Gasteiger partial charge in [0.25, 0.3) is 0 Å². The summed E-state index contributed by atoms with van der Waals surface area (Å²) in [4.78, 5) is 0. The van der Waals surface area contributed by atoms with E-state index >= 15 is 0 Å². The lowest BCUT2D eigenvalue weighted by Crippen LogP contribution is -1.82. The Morgan fingerprint density at radius 1 is 0.189 bits per heavy atom. The smallest absolute Gasteiger partial charge is 0.0542 e. The Morgan fingerprint density at radius 2 is 0.432 bits per heavy atom. The second kappa shape index (κ2) is 17.0. The fourth-order valence-corrected chi connectivity index (χ4v) is 18.4. The van der Waals surface area contributed by atoms with Gasteiger partial charge in [-0.3, -0.25) is 0 Å². The number of hydrogen-bond acceptors (Lipinski definition) is 6. The minimum Gasteiger partial charge on any atom is -0.143 e. The van der Waals surface area contributed by atoms with Crippen molar-refractivity contribution in [2.75, 3.05) is 0 Å². The Morgan fingerprint density at radius 3 is 0.730 bits per heavy atom. The fourth-order valence-electron chi connectivity index (χ4n) is 11.0. The summed E-state index contributed by atoms with van der Waals surface area (Å²) in [6, 6.07) is 81.8. The molecule has 10 aromatic carbocycles. The van der Waals surface area contributed by atoms with Crippen LogP contribution in [0, 0.1) is 0 Å². The van der Waals surface area contributed by atoms with E-state index in [0.29, 0.717) is 0 Å². The van der Waals surface area contributed by atoms with Crippen LogP contribution >= 0.6 is 68.0 Å². The van der Waals surface area contributed by atoms with E-state index in [-0.39, 0.29) is 0 Å². The molecule has 0 aliphatic heterocycles. The van der Waals surface area contributed by atoms with Gasteiger partial charge in [0.15, 0.2) is 0 Å². The van der Waals surface area contributed by atoms with Gasteiger partial charge >= 0.3 is 0 Å². The first-order valence-electron chi connectivity index (χ1n) is 24.7. The molecule has 16 rings (SSSR count). The van der Waals surface area contributed by atoms with Gasteiger partial charge in [0.2, 0.25) is 0 Å². The molecule has 0 N–H and O–H groups in total. The molecule has 6 heteroatoms. The molecule has 6 heterocycles. The Labute approximate surface area is 450 Å². The van der Waals surface area contributed by atoms with Crippen molar-refractivity contribution in [2.24, 2.45) is 0 Å². The van der Waals surface area contributed by atoms with Crippen LogP contribution in [0.3, 0.4) is 0 Å². The van der Waals surface area contributed by atoms with Crippen molar-refractivity contribution in [3.63, 3.8) is 0 Å². The summed E-state index contributed by atoms with van der Waals surface area (Å²) < 4.78 is 13.6. The van der Waals surface area contributed by atoms with Gasteiger partial charge < -0.3 is 0 Å². The molecule has 0 radical (unpaired) electrons. The Kier molecular flexibility index (Phi) is 9.87. The van der Waals surface area contributed by atoms with Crippen molar-refractivity contribution < 1.29 is 0 Å². The molecular weight excluding hydrogens is 1010 g/mol. The number of hydrogen-bond donors (Lipinski definition) is 0. The number of rotatable bonds is 7. The summed E-state index contributed by atoms with van der Waals surface area (Å²) in [5, 5.41) is 12.6. The van der Waals surface area contributed by atoms with Gasteiger partial charge in [-0.15, -0.1) is 68.0 Å². The van der Waals surface area contributed by atoms with Crippen LogP contribution in [0.4, 0.5) is 0 Å². The molecular formula is C68H38S6. The molecule has 6 aromatic heterocycles. The summed E-state index contributed by atoms with van der Waals surface area (Å²) in [6.45, 7) is 0. The molecule has 16 aromatic rings. The third-order valence-electron chi connectivity index (χ3n) is 15.0. The fraction of sp³-hybridized carbons (Fsp3) is 0. The average Bonchev–Trinajstić information content (AvgIpc) is 4.34. The first kappa shape index (κ1) is 42.9. The normalized spacial score (nSPS) is 12.1. The molecule has 0 atom stereocenters. The summed E-state index contributed by atoms with van der Waals surface area (Å²) in [6.07, 6.45) is 0. The van der Waals surface area contributed by atoms with E-state index in [2.05, 4.69) is 229 Å². The van der Waals surface area contributed by atoms with Crippen molar-refractivity contribution in [3.8, 4) is 77.9 Å². The second-order valence-corrected chi connectivity index (χ2v) is 25.2. The summed E-state index contributed by atoms with van der Waals surface area (Å²) in [7, 11) is 0. The number of fused-ring (bicyclic) bond motifs is 12. The molecule has 0 saturated heterocycles. The molecule has 0 unspecified atom stereocenters. The van der Waals surface area contributed by atoms with E-state index in [4.69, 9.17) is 0 Å². The van der Waals surface area contributed by atoms with Gasteiger partial charge in [-0.25, -0.2) is 0 Å². The van der Waals surface area contributed by atoms with E-state index in [9.17, 15) is 0 Å². The maximum atomic E-state index is 2.38. The highest BCUT2D eigenvalue weighted by molar-refractivity contribution is 7.37. The van der Waals surface area contributed by atoms with Gasteiger partial charge in [0, 0.05) is 71.6 Å². The molecule has 0 spiro atoms. The topological polar surface area (TPSA) is 0 Å². The minimum atomic E-state index is 1.23. The molecule has 0 saturated carbocycles. The van der Waals surface area contributed by atoms with E-state index in [1.54, 1.807) is 0 Å². The Hall–Kier alpha value is -7.52. The lowest BCUT2D eigenvalue weighted by atomic mass is 9.97. The van der Waals surface area contributed by atoms with Crippen LogP contribution in [0.15, 0.2) is 229 Å². The van der Waals surface area contributed by atoms with E-state index in [0.717, 1.165) is 0 Å². The maximum absolute atomic E-state index is 2.38. The van der Waals surface area contributed by atoms with Crippen molar-refractivity contribution >= 4 is 147 Å². The molecule has 0 amide bonds. The SMILES string of the molecule is c1ccc2c(-c3ccc(-c4ccc5c(c4)sc4c6ccc(-c7ccc(-c8ccc(-c9ccc%10c(c9)sc9c%11ccc(-c%12ccc(-c%13csc%14ccccc%13%14)cc%12)cc%11sc%109)cc8)cc7)cc6sc54)cc3)csc2c1. The predicted octanol–water partition coefficient (Wildman–Crippen LogP) is 23.0. The first-order valence-corrected chi connectivity index (χ1v) is 29.8. The van der Waals surface area contributed by atoms with Crippen LogP contribution in [0.5, 0.6) is 0 Å². The molecule has 74 heavy (non-hydrogen) atoms. The summed E-state index contributed by atoms with van der Waals surface area (Å²) >= 11 is 11.3. The monoisotopic (exact) mass is 1050 g/mol. The Bertz CT molecular complexity index is 4550. The van der Waals surface area contributed by atoms with Crippen LogP contribution < -0.4 is 0 Å². The highest BCUT2D eigenvalue weighted by Crippen LogP contribution is 2.48. The lowest BCUT2D eigenvalue weighted by Gasteiger charge is -2.07. The third-order valence-corrected chi connectivity index (χ3v) is 21.9. The zero-order valence-corrected chi connectivity index (χ0v) is 44.3. The molecule has 0 nitrogen and oxygen atoms in total. The molecule has 0 bridgehead atoms. The van der Waals surface area contributed by atoms with Gasteiger partial charge in [-0.05, 0) is 114 Å². The lowest BCUT2D eigenvalue weighted by molar-refractivity contribution is 1.59. The molecule has 346 valence electrons. The van der Waals surface area contributed by atoms with Gasteiger partial charge in [-0.2, -0.15) is 0 Å². The minimum absolute atomic E-state index is 1.23. The molecule has 0 fully saturated rings. The van der Waals surface area contributed by atoms with Crippen LogP contribution in [0.25, 0.3) is 157 Å². The highest BCUT2D eigenvalue weighted by Gasteiger charge is 2.17. The second-order valence-electron chi connectivity index (χ2n) is 19.2. The standard InChI is InChI=1S/C68H38S6/c1-3-7-59-51(5-1)57(37-69-59)45-21-17-43(18-22-45)49-27-31-55-63(35-49)73-65-53-29-25-47(33-61(53)71-67(55)65)41-13-9-39(10-14-41)40-11-15-42(16-12-40)48-26-30-54-62(34-48)72-68-56-32-28-50(36-64(56)74-66(54)68)44-19-23-46(24-20-44)58-38-70-60-8-4-2-6-52(58)60/h1-38H. The summed E-state index contributed by atoms with van der Waals surface area (Å²) in [5.41, 5.74) is 17.6. The van der Waals surface area contributed by atoms with Gasteiger partial charge in [-0.1, -0.05) is 182 Å². The quantitative estimate of drug-likeness (QED) is 0.149. The van der Waals surface area contributed by atoms with Crippen LogP contribution in [-0.4, -0.2) is 0 Å². The van der Waals surface area contributed by atoms with Crippen LogP contribution in [0.2, 0.25) is 0 Å². The van der Waals surface area contributed by atoms with Gasteiger partial charge in [0.05, 0.1) is 18.8 Å². The number of benzene rings is 10. The third kappa shape index (κ3) is 7.01.